The average Bonchev–Trinajstić information content (AvgIpc) is 2.29. The maximum absolute atomic E-state index is 5.60. The first kappa shape index (κ1) is 11.1. The van der Waals surface area contributed by atoms with Gasteiger partial charge in [0.15, 0.2) is 11.6 Å². The van der Waals surface area contributed by atoms with Crippen LogP contribution in [0.15, 0.2) is 0 Å². The van der Waals surface area contributed by atoms with Crippen LogP contribution in [0.25, 0.3) is 0 Å². The number of nitrogens with zero attached hydrogens (tertiary/aromatic N) is 6. The lowest BCUT2D eigenvalue weighted by Gasteiger charge is -2.09. The van der Waals surface area contributed by atoms with Crippen molar-refractivity contribution in [2.75, 3.05) is 11.1 Å². The van der Waals surface area contributed by atoms with Gasteiger partial charge in [0.1, 0.15) is 0 Å². The third-order valence-corrected chi connectivity index (χ3v) is 2.30. The van der Waals surface area contributed by atoms with Crippen LogP contribution in [0, 0.1) is 20.8 Å². The highest BCUT2D eigenvalue weighted by Gasteiger charge is 2.09. The lowest BCUT2D eigenvalue weighted by atomic mass is 10.3. The summed E-state index contributed by atoms with van der Waals surface area (Å²) in [5, 5.41) is 17.0. The van der Waals surface area contributed by atoms with Crippen molar-refractivity contribution in [2.24, 2.45) is 0 Å². The summed E-state index contributed by atoms with van der Waals surface area (Å²) in [4.78, 5) is 8.71. The summed E-state index contributed by atoms with van der Waals surface area (Å²) in [5.41, 5.74) is 8.08. The van der Waals surface area contributed by atoms with E-state index in [1.165, 1.54) is 0 Å². The molecule has 17 heavy (non-hydrogen) atoms. The second kappa shape index (κ2) is 4.24. The van der Waals surface area contributed by atoms with Gasteiger partial charge in [0.05, 0.1) is 17.1 Å². The van der Waals surface area contributed by atoms with E-state index in [2.05, 4.69) is 35.9 Å². The molecule has 0 atom stereocenters. The highest BCUT2D eigenvalue weighted by Crippen LogP contribution is 2.18. The van der Waals surface area contributed by atoms with Crippen molar-refractivity contribution in [1.29, 1.82) is 0 Å². The molecule has 2 aromatic rings. The van der Waals surface area contributed by atoms with Gasteiger partial charge in [0.2, 0.25) is 5.82 Å². The van der Waals surface area contributed by atoms with Crippen LogP contribution in [0.3, 0.4) is 0 Å². The topological polar surface area (TPSA) is 115 Å². The molecule has 0 aromatic carbocycles. The number of nitrogens with two attached hydrogens (primary N) is 1. The Balaban J connectivity index is 2.37. The molecule has 2 aromatic heterocycles. The molecule has 0 spiro atoms. The van der Waals surface area contributed by atoms with E-state index in [-0.39, 0.29) is 5.82 Å². The molecule has 0 aliphatic carbocycles. The first-order chi connectivity index (χ1) is 8.08. The molecule has 2 heterocycles. The van der Waals surface area contributed by atoms with E-state index in [4.69, 9.17) is 5.73 Å². The summed E-state index contributed by atoms with van der Waals surface area (Å²) >= 11 is 0. The molecule has 0 fully saturated rings. The molecule has 0 saturated heterocycles. The summed E-state index contributed by atoms with van der Waals surface area (Å²) in [6, 6.07) is 0. The summed E-state index contributed by atoms with van der Waals surface area (Å²) in [5.74, 6) is 1.07. The van der Waals surface area contributed by atoms with E-state index in [0.29, 0.717) is 11.6 Å². The van der Waals surface area contributed by atoms with Gasteiger partial charge in [0.25, 0.3) is 0 Å². The van der Waals surface area contributed by atoms with Crippen molar-refractivity contribution in [3.8, 4) is 0 Å². The van der Waals surface area contributed by atoms with Crippen molar-refractivity contribution in [1.82, 2.24) is 30.6 Å². The third kappa shape index (κ3) is 2.25. The van der Waals surface area contributed by atoms with E-state index in [0.717, 1.165) is 17.1 Å². The van der Waals surface area contributed by atoms with E-state index in [1.54, 1.807) is 0 Å². The lowest BCUT2D eigenvalue weighted by Crippen LogP contribution is -2.08. The Hall–Kier alpha value is -2.38. The monoisotopic (exact) mass is 232 g/mol. The zero-order chi connectivity index (χ0) is 12.4. The highest BCUT2D eigenvalue weighted by atomic mass is 15.5. The smallest absolute Gasteiger partial charge is 0.200 e. The van der Waals surface area contributed by atoms with Crippen molar-refractivity contribution in [2.45, 2.75) is 20.8 Å². The molecule has 0 aliphatic heterocycles. The number of nitrogens with one attached hydrogen (secondary N) is 1. The van der Waals surface area contributed by atoms with E-state index < -0.39 is 0 Å². The van der Waals surface area contributed by atoms with Crippen LogP contribution < -0.4 is 11.1 Å². The van der Waals surface area contributed by atoms with Gasteiger partial charge in [0, 0.05) is 0 Å². The number of nitrogen functional groups attached to an aromatic ring is 1. The van der Waals surface area contributed by atoms with E-state index >= 15 is 0 Å². The van der Waals surface area contributed by atoms with Crippen LogP contribution in [0.2, 0.25) is 0 Å². The van der Waals surface area contributed by atoms with Gasteiger partial charge in [-0.1, -0.05) is 0 Å². The number of hydrogen-bond acceptors (Lipinski definition) is 8. The van der Waals surface area contributed by atoms with Crippen molar-refractivity contribution in [3.05, 3.63) is 17.1 Å². The Morgan fingerprint density at radius 3 is 2.18 bits per heavy atom. The fourth-order valence-corrected chi connectivity index (χ4v) is 1.27. The number of anilines is 3. The SMILES string of the molecule is Cc1nc(C)c(Nc2nnnnc2N)nc1C. The number of aromatic nitrogens is 6. The first-order valence-corrected chi connectivity index (χ1v) is 4.98. The van der Waals surface area contributed by atoms with Gasteiger partial charge < -0.3 is 11.1 Å². The van der Waals surface area contributed by atoms with Crippen LogP contribution in [0.5, 0.6) is 0 Å². The summed E-state index contributed by atoms with van der Waals surface area (Å²) in [6.07, 6.45) is 0. The largest absolute Gasteiger partial charge is 0.379 e. The van der Waals surface area contributed by atoms with Gasteiger partial charge in [-0.2, -0.15) is 0 Å². The average molecular weight is 232 g/mol. The zero-order valence-corrected chi connectivity index (χ0v) is 9.76. The molecule has 8 heteroatoms. The number of hydrogen-bond donors (Lipinski definition) is 2. The van der Waals surface area contributed by atoms with Gasteiger partial charge in [-0.05, 0) is 31.2 Å². The second-order valence-corrected chi connectivity index (χ2v) is 3.57. The van der Waals surface area contributed by atoms with Gasteiger partial charge >= 0.3 is 0 Å². The van der Waals surface area contributed by atoms with Gasteiger partial charge in [-0.3, -0.25) is 4.98 Å². The Bertz CT molecular complexity index is 553. The maximum atomic E-state index is 5.60. The molecule has 8 nitrogen and oxygen atoms in total. The summed E-state index contributed by atoms with van der Waals surface area (Å²) in [6.45, 7) is 5.63. The Kier molecular flexibility index (Phi) is 2.77. The van der Waals surface area contributed by atoms with E-state index in [1.807, 2.05) is 20.8 Å². The van der Waals surface area contributed by atoms with Crippen LogP contribution in [-0.4, -0.2) is 30.6 Å². The molecular weight excluding hydrogens is 220 g/mol. The maximum Gasteiger partial charge on any atom is 0.200 e. The molecule has 0 unspecified atom stereocenters. The molecule has 0 radical (unpaired) electrons. The minimum Gasteiger partial charge on any atom is -0.379 e. The van der Waals surface area contributed by atoms with E-state index in [9.17, 15) is 0 Å². The molecule has 0 amide bonds. The first-order valence-electron chi connectivity index (χ1n) is 4.98. The fraction of sp³-hybridized carbons (Fsp3) is 0.333. The summed E-state index contributed by atoms with van der Waals surface area (Å²) in [7, 11) is 0. The summed E-state index contributed by atoms with van der Waals surface area (Å²) < 4.78 is 0. The van der Waals surface area contributed by atoms with Crippen LogP contribution in [-0.2, 0) is 0 Å². The van der Waals surface area contributed by atoms with Crippen molar-refractivity contribution < 1.29 is 0 Å². The van der Waals surface area contributed by atoms with Crippen LogP contribution >= 0.6 is 0 Å². The molecule has 0 saturated carbocycles. The molecule has 2 rings (SSSR count). The minimum atomic E-state index is 0.166. The predicted molar refractivity (Wildman–Crippen MR) is 61.6 cm³/mol. The number of aryl methyl sites for hydroxylation is 3. The van der Waals surface area contributed by atoms with Crippen LogP contribution in [0.1, 0.15) is 17.1 Å². The lowest BCUT2D eigenvalue weighted by molar-refractivity contribution is 0.773. The Labute approximate surface area is 97.7 Å². The van der Waals surface area contributed by atoms with Gasteiger partial charge in [-0.25, -0.2) is 4.98 Å². The van der Waals surface area contributed by atoms with Crippen molar-refractivity contribution in [3.63, 3.8) is 0 Å². The third-order valence-electron chi connectivity index (χ3n) is 2.30. The molecule has 88 valence electrons. The zero-order valence-electron chi connectivity index (χ0n) is 9.76. The number of rotatable bonds is 2. The highest BCUT2D eigenvalue weighted by molar-refractivity contribution is 5.63. The van der Waals surface area contributed by atoms with Crippen LogP contribution in [0.4, 0.5) is 17.5 Å². The minimum absolute atomic E-state index is 0.166. The predicted octanol–water partition coefficient (Wildman–Crippen LogP) is 0.308. The molecular formula is C9H12N8. The Morgan fingerprint density at radius 1 is 0.824 bits per heavy atom. The normalized spacial score (nSPS) is 10.3. The van der Waals surface area contributed by atoms with Gasteiger partial charge in [-0.15, -0.1) is 10.2 Å². The second-order valence-electron chi connectivity index (χ2n) is 3.57. The molecule has 3 N–H and O–H groups in total. The van der Waals surface area contributed by atoms with Crippen molar-refractivity contribution >= 4 is 17.5 Å². The quantitative estimate of drug-likeness (QED) is 0.759. The standard InChI is InChI=1S/C9H12N8/c1-4-5(2)12-8(6(3)11-4)13-9-7(10)14-16-17-15-9/h1-3H3,(H2,10,14,17)(H,12,13,15,16). The molecule has 0 aliphatic rings. The fourth-order valence-electron chi connectivity index (χ4n) is 1.27. The Morgan fingerprint density at radius 2 is 1.47 bits per heavy atom. The molecule has 0 bridgehead atoms.